The molecule has 3 N–H and O–H groups in total. The van der Waals surface area contributed by atoms with Crippen molar-refractivity contribution in [3.05, 3.63) is 75.0 Å². The number of aromatic nitrogens is 1. The van der Waals surface area contributed by atoms with E-state index in [9.17, 15) is 14.7 Å². The fourth-order valence-corrected chi connectivity index (χ4v) is 2.69. The smallest absolute Gasteiger partial charge is 0.255 e. The minimum atomic E-state index is -0.473. The molecule has 5 nitrogen and oxygen atoms in total. The number of carbonyl (C=O) groups is 1. The maximum atomic E-state index is 12.1. The maximum Gasteiger partial charge on any atom is 0.255 e. The van der Waals surface area contributed by atoms with Crippen LogP contribution in [0.25, 0.3) is 10.9 Å². The van der Waals surface area contributed by atoms with Gasteiger partial charge in [-0.3, -0.25) is 9.59 Å². The number of pyridine rings is 1. The quantitative estimate of drug-likeness (QED) is 0.681. The van der Waals surface area contributed by atoms with Gasteiger partial charge < -0.3 is 15.4 Å². The third-order valence-electron chi connectivity index (χ3n) is 3.76. The molecule has 0 bridgehead atoms. The molecular weight excluding hydrogens is 328 g/mol. The van der Waals surface area contributed by atoms with Gasteiger partial charge in [0.05, 0.1) is 17.5 Å². The van der Waals surface area contributed by atoms with Crippen molar-refractivity contribution in [2.45, 2.75) is 13.0 Å². The van der Waals surface area contributed by atoms with Crippen molar-refractivity contribution >= 4 is 28.4 Å². The molecule has 3 rings (SSSR count). The van der Waals surface area contributed by atoms with Crippen molar-refractivity contribution in [3.8, 4) is 5.75 Å². The monoisotopic (exact) mass is 342 g/mol. The fraction of sp³-hybridized carbons (Fsp3) is 0.111. The molecule has 6 heteroatoms. The van der Waals surface area contributed by atoms with Crippen LogP contribution >= 0.6 is 11.6 Å². The van der Waals surface area contributed by atoms with Crippen LogP contribution in [0.15, 0.2) is 53.3 Å². The molecule has 0 aliphatic heterocycles. The van der Waals surface area contributed by atoms with Crippen molar-refractivity contribution in [2.75, 3.05) is 0 Å². The number of nitrogens with one attached hydrogen (secondary N) is 2. The third-order valence-corrected chi connectivity index (χ3v) is 4.13. The number of halogens is 1. The van der Waals surface area contributed by atoms with E-state index in [-0.39, 0.29) is 30.2 Å². The molecule has 0 unspecified atom stereocenters. The fourth-order valence-electron chi connectivity index (χ4n) is 2.49. The first-order chi connectivity index (χ1) is 11.6. The zero-order chi connectivity index (χ0) is 17.1. The van der Waals surface area contributed by atoms with Gasteiger partial charge >= 0.3 is 0 Å². The van der Waals surface area contributed by atoms with Crippen LogP contribution in [0.4, 0.5) is 0 Å². The van der Waals surface area contributed by atoms with Crippen LogP contribution in [0.5, 0.6) is 5.75 Å². The van der Waals surface area contributed by atoms with E-state index in [1.807, 2.05) is 12.1 Å². The molecule has 24 heavy (non-hydrogen) atoms. The lowest BCUT2D eigenvalue weighted by atomic mass is 10.1. The highest BCUT2D eigenvalue weighted by molar-refractivity contribution is 6.31. The summed E-state index contributed by atoms with van der Waals surface area (Å²) in [5, 5.41) is 14.1. The number of aromatic amines is 1. The predicted octanol–water partition coefficient (Wildman–Crippen LogP) is 2.75. The molecule has 1 heterocycles. The topological polar surface area (TPSA) is 82.2 Å². The molecule has 122 valence electrons. The van der Waals surface area contributed by atoms with Crippen LogP contribution in [0.3, 0.4) is 0 Å². The Labute approximate surface area is 142 Å². The van der Waals surface area contributed by atoms with E-state index in [2.05, 4.69) is 10.3 Å². The van der Waals surface area contributed by atoms with Gasteiger partial charge in [0.2, 0.25) is 5.91 Å². The van der Waals surface area contributed by atoms with Gasteiger partial charge in [0.1, 0.15) is 5.75 Å². The summed E-state index contributed by atoms with van der Waals surface area (Å²) in [6, 6.07) is 14.1. The second-order valence-corrected chi connectivity index (χ2v) is 5.78. The molecule has 3 aromatic rings. The number of amides is 1. The first kappa shape index (κ1) is 16.1. The number of hydrogen-bond donors (Lipinski definition) is 3. The Balaban J connectivity index is 1.78. The van der Waals surface area contributed by atoms with Crippen molar-refractivity contribution < 1.29 is 9.90 Å². The van der Waals surface area contributed by atoms with Crippen LogP contribution in [-0.2, 0) is 17.8 Å². The van der Waals surface area contributed by atoms with E-state index < -0.39 is 5.56 Å². The molecule has 0 aliphatic rings. The van der Waals surface area contributed by atoms with E-state index in [0.717, 1.165) is 5.56 Å². The zero-order valence-corrected chi connectivity index (χ0v) is 13.4. The van der Waals surface area contributed by atoms with Gasteiger partial charge in [-0.1, -0.05) is 41.9 Å². The molecule has 0 saturated heterocycles. The Kier molecular flexibility index (Phi) is 4.53. The Morgan fingerprint density at radius 1 is 1.12 bits per heavy atom. The molecule has 1 amide bonds. The third kappa shape index (κ3) is 3.26. The lowest BCUT2D eigenvalue weighted by molar-refractivity contribution is -0.120. The van der Waals surface area contributed by atoms with Gasteiger partial charge in [-0.15, -0.1) is 0 Å². The molecule has 0 aliphatic carbocycles. The average molecular weight is 343 g/mol. The number of carbonyl (C=O) groups excluding carboxylic acids is 1. The van der Waals surface area contributed by atoms with Gasteiger partial charge in [-0.05, 0) is 23.8 Å². The van der Waals surface area contributed by atoms with Crippen LogP contribution in [-0.4, -0.2) is 16.0 Å². The first-order valence-electron chi connectivity index (χ1n) is 7.39. The van der Waals surface area contributed by atoms with Gasteiger partial charge in [0.25, 0.3) is 5.56 Å². The van der Waals surface area contributed by atoms with E-state index in [1.165, 1.54) is 0 Å². The summed E-state index contributed by atoms with van der Waals surface area (Å²) in [4.78, 5) is 26.9. The van der Waals surface area contributed by atoms with Crippen LogP contribution < -0.4 is 10.9 Å². The number of benzene rings is 2. The van der Waals surface area contributed by atoms with E-state index in [0.29, 0.717) is 15.9 Å². The van der Waals surface area contributed by atoms with Crippen molar-refractivity contribution in [2.24, 2.45) is 0 Å². The predicted molar refractivity (Wildman–Crippen MR) is 93.2 cm³/mol. The first-order valence-corrected chi connectivity index (χ1v) is 7.77. The Morgan fingerprint density at radius 2 is 1.83 bits per heavy atom. The second kappa shape index (κ2) is 6.76. The summed E-state index contributed by atoms with van der Waals surface area (Å²) in [6.07, 6.45) is -0.212. The van der Waals surface area contributed by atoms with E-state index >= 15 is 0 Å². The van der Waals surface area contributed by atoms with Crippen LogP contribution in [0.2, 0.25) is 5.02 Å². The summed E-state index contributed by atoms with van der Waals surface area (Å²) in [5.41, 5.74) is 0.883. The van der Waals surface area contributed by atoms with Crippen LogP contribution in [0, 0.1) is 0 Å². The Hall–Kier alpha value is -2.79. The number of H-pyrrole nitrogens is 1. The largest absolute Gasteiger partial charge is 0.507 e. The molecule has 0 fully saturated rings. The second-order valence-electron chi connectivity index (χ2n) is 5.37. The zero-order valence-electron chi connectivity index (χ0n) is 12.7. The molecule has 0 atom stereocenters. The summed E-state index contributed by atoms with van der Waals surface area (Å²) < 4.78 is 0. The van der Waals surface area contributed by atoms with Gasteiger partial charge in [-0.25, -0.2) is 0 Å². The summed E-state index contributed by atoms with van der Waals surface area (Å²) in [7, 11) is 0. The maximum absolute atomic E-state index is 12.1. The number of hydrogen-bond acceptors (Lipinski definition) is 3. The molecular formula is C18H15ClN2O3. The molecule has 1 aromatic heterocycles. The standard InChI is InChI=1S/C18H15ClN2O3/c19-14-7-3-1-5-11(14)10-20-16(22)9-13-17(23)12-6-2-4-8-15(12)21-18(13)24/h1-8H,9-10H2,(H,20,22)(H2,21,23,24). The molecule has 0 radical (unpaired) electrons. The minimum absolute atomic E-state index is 0.0466. The summed E-state index contributed by atoms with van der Waals surface area (Å²) >= 11 is 6.04. The van der Waals surface area contributed by atoms with Gasteiger partial charge in [-0.2, -0.15) is 0 Å². The Morgan fingerprint density at radius 3 is 2.62 bits per heavy atom. The van der Waals surface area contributed by atoms with Crippen molar-refractivity contribution in [3.63, 3.8) is 0 Å². The number of aromatic hydroxyl groups is 1. The number of rotatable bonds is 4. The molecule has 2 aromatic carbocycles. The van der Waals surface area contributed by atoms with Crippen molar-refractivity contribution in [1.82, 2.24) is 10.3 Å². The van der Waals surface area contributed by atoms with Crippen LogP contribution in [0.1, 0.15) is 11.1 Å². The lowest BCUT2D eigenvalue weighted by Gasteiger charge is -2.09. The highest BCUT2D eigenvalue weighted by Gasteiger charge is 2.15. The Bertz CT molecular complexity index is 966. The average Bonchev–Trinajstić information content (AvgIpc) is 2.58. The molecule has 0 saturated carbocycles. The number of fused-ring (bicyclic) bond motifs is 1. The summed E-state index contributed by atoms with van der Waals surface area (Å²) in [5.74, 6) is -0.534. The summed E-state index contributed by atoms with van der Waals surface area (Å²) in [6.45, 7) is 0.255. The van der Waals surface area contributed by atoms with Gasteiger partial charge in [0, 0.05) is 17.0 Å². The lowest BCUT2D eigenvalue weighted by Crippen LogP contribution is -2.27. The highest BCUT2D eigenvalue weighted by atomic mass is 35.5. The number of para-hydroxylation sites is 1. The normalized spacial score (nSPS) is 10.7. The highest BCUT2D eigenvalue weighted by Crippen LogP contribution is 2.24. The van der Waals surface area contributed by atoms with E-state index in [4.69, 9.17) is 11.6 Å². The minimum Gasteiger partial charge on any atom is -0.507 e. The van der Waals surface area contributed by atoms with E-state index in [1.54, 1.807) is 36.4 Å². The SMILES string of the molecule is O=C(Cc1c(O)c2ccccc2[nH]c1=O)NCc1ccccc1Cl. The van der Waals surface area contributed by atoms with Crippen molar-refractivity contribution in [1.29, 1.82) is 0 Å². The molecule has 0 spiro atoms. The van der Waals surface area contributed by atoms with Gasteiger partial charge in [0.15, 0.2) is 0 Å².